The number of rotatable bonds is 5. The number of nitrogens with one attached hydrogen (secondary N) is 1. The number of fused-ring (bicyclic) bond motifs is 1. The molecule has 24 heavy (non-hydrogen) atoms. The minimum absolute atomic E-state index is 0.116. The van der Waals surface area contributed by atoms with Crippen molar-refractivity contribution in [1.82, 2.24) is 5.16 Å². The van der Waals surface area contributed by atoms with Gasteiger partial charge >= 0.3 is 5.97 Å². The first-order chi connectivity index (χ1) is 11.6. The van der Waals surface area contributed by atoms with Gasteiger partial charge in [0.15, 0.2) is 23.4 Å². The third-order valence-electron chi connectivity index (χ3n) is 3.40. The van der Waals surface area contributed by atoms with Crippen molar-refractivity contribution in [3.63, 3.8) is 0 Å². The first-order valence-electron chi connectivity index (χ1n) is 7.41. The van der Waals surface area contributed by atoms with Gasteiger partial charge in [-0.15, -0.1) is 0 Å². The molecule has 8 heteroatoms. The molecule has 0 saturated carbocycles. The number of benzene rings is 1. The fourth-order valence-corrected chi connectivity index (χ4v) is 2.18. The number of ether oxygens (including phenoxy) is 3. The van der Waals surface area contributed by atoms with Crippen molar-refractivity contribution in [1.29, 1.82) is 0 Å². The third-order valence-corrected chi connectivity index (χ3v) is 3.40. The van der Waals surface area contributed by atoms with E-state index in [1.807, 2.05) is 0 Å². The van der Waals surface area contributed by atoms with Gasteiger partial charge in [0.05, 0.1) is 5.56 Å². The zero-order valence-corrected chi connectivity index (χ0v) is 13.2. The maximum Gasteiger partial charge on any atom is 0.339 e. The van der Waals surface area contributed by atoms with E-state index >= 15 is 0 Å². The van der Waals surface area contributed by atoms with Crippen molar-refractivity contribution >= 4 is 17.7 Å². The first kappa shape index (κ1) is 15.9. The molecule has 0 saturated heterocycles. The molecule has 0 fully saturated rings. The Morgan fingerprint density at radius 3 is 2.79 bits per heavy atom. The van der Waals surface area contributed by atoms with Gasteiger partial charge in [-0.3, -0.25) is 4.79 Å². The van der Waals surface area contributed by atoms with Crippen LogP contribution in [0.5, 0.6) is 11.5 Å². The molecule has 1 aliphatic rings. The fraction of sp³-hybridized carbons (Fsp3) is 0.312. The summed E-state index contributed by atoms with van der Waals surface area (Å²) in [6.45, 7) is 3.57. The Hall–Kier alpha value is -3.03. The molecule has 126 valence electrons. The molecular weight excluding hydrogens is 316 g/mol. The van der Waals surface area contributed by atoms with E-state index in [0.29, 0.717) is 23.7 Å². The van der Waals surface area contributed by atoms with E-state index in [-0.39, 0.29) is 18.2 Å². The van der Waals surface area contributed by atoms with Gasteiger partial charge in [0.25, 0.3) is 5.91 Å². The van der Waals surface area contributed by atoms with Crippen molar-refractivity contribution < 1.29 is 28.3 Å². The van der Waals surface area contributed by atoms with Gasteiger partial charge in [0, 0.05) is 6.07 Å². The van der Waals surface area contributed by atoms with Gasteiger partial charge in [-0.25, -0.2) is 4.79 Å². The number of aryl methyl sites for hydroxylation is 1. The molecule has 2 aromatic rings. The fourth-order valence-electron chi connectivity index (χ4n) is 2.18. The third kappa shape index (κ3) is 3.32. The highest BCUT2D eigenvalue weighted by Crippen LogP contribution is 2.32. The van der Waals surface area contributed by atoms with Crippen LogP contribution in [0.2, 0.25) is 0 Å². The molecule has 1 amide bonds. The van der Waals surface area contributed by atoms with E-state index in [9.17, 15) is 9.59 Å². The average molecular weight is 332 g/mol. The molecule has 1 aromatic carbocycles. The van der Waals surface area contributed by atoms with Gasteiger partial charge in [-0.1, -0.05) is 12.1 Å². The summed E-state index contributed by atoms with van der Waals surface area (Å²) < 4.78 is 20.6. The average Bonchev–Trinajstić information content (AvgIpc) is 3.20. The Morgan fingerprint density at radius 2 is 2.08 bits per heavy atom. The predicted molar refractivity (Wildman–Crippen MR) is 81.9 cm³/mol. The minimum Gasteiger partial charge on any atom is -0.454 e. The molecule has 1 atom stereocenters. The van der Waals surface area contributed by atoms with Crippen LogP contribution in [0, 0.1) is 6.92 Å². The van der Waals surface area contributed by atoms with E-state index < -0.39 is 18.0 Å². The van der Waals surface area contributed by atoms with Crippen molar-refractivity contribution in [2.45, 2.75) is 26.4 Å². The zero-order chi connectivity index (χ0) is 17.1. The van der Waals surface area contributed by atoms with Crippen molar-refractivity contribution in [3.8, 4) is 11.5 Å². The van der Waals surface area contributed by atoms with Crippen LogP contribution >= 0.6 is 0 Å². The Labute approximate surface area is 137 Å². The quantitative estimate of drug-likeness (QED) is 0.838. The second kappa shape index (κ2) is 6.61. The number of aromatic nitrogens is 1. The topological polar surface area (TPSA) is 99.9 Å². The molecule has 0 radical (unpaired) electrons. The molecule has 1 aromatic heterocycles. The SMILES string of the molecule is CCC(OC(=O)c1ccc2c(c1)OCO2)C(=O)Nc1cc(C)on1. The van der Waals surface area contributed by atoms with Crippen molar-refractivity contribution in [3.05, 3.63) is 35.6 Å². The Balaban J connectivity index is 1.65. The first-order valence-corrected chi connectivity index (χ1v) is 7.41. The standard InChI is InChI=1S/C16H16N2O6/c1-3-11(15(19)17-14-6-9(2)24-18-14)23-16(20)10-4-5-12-13(7-10)22-8-21-12/h4-7,11H,3,8H2,1-2H3,(H,17,18,19). The molecule has 0 bridgehead atoms. The monoisotopic (exact) mass is 332 g/mol. The van der Waals surface area contributed by atoms with Gasteiger partial charge < -0.3 is 24.1 Å². The summed E-state index contributed by atoms with van der Waals surface area (Å²) in [6, 6.07) is 6.28. The van der Waals surface area contributed by atoms with Crippen LogP contribution in [-0.2, 0) is 9.53 Å². The zero-order valence-electron chi connectivity index (χ0n) is 13.2. The molecule has 2 heterocycles. The maximum atomic E-state index is 12.2. The molecule has 0 spiro atoms. The van der Waals surface area contributed by atoms with Crippen molar-refractivity contribution in [2.75, 3.05) is 12.1 Å². The molecule has 1 unspecified atom stereocenters. The summed E-state index contributed by atoms with van der Waals surface area (Å²) in [6.07, 6.45) is -0.626. The van der Waals surface area contributed by atoms with E-state index in [2.05, 4.69) is 10.5 Å². The number of carbonyl (C=O) groups excluding carboxylic acids is 2. The minimum atomic E-state index is -0.945. The Morgan fingerprint density at radius 1 is 1.29 bits per heavy atom. The lowest BCUT2D eigenvalue weighted by molar-refractivity contribution is -0.124. The van der Waals surface area contributed by atoms with Crippen LogP contribution < -0.4 is 14.8 Å². The van der Waals surface area contributed by atoms with Gasteiger partial charge in [-0.2, -0.15) is 0 Å². The van der Waals surface area contributed by atoms with E-state index in [1.54, 1.807) is 32.0 Å². The van der Waals surface area contributed by atoms with Crippen LogP contribution in [0.3, 0.4) is 0 Å². The van der Waals surface area contributed by atoms with Crippen LogP contribution in [0.25, 0.3) is 0 Å². The highest BCUT2D eigenvalue weighted by Gasteiger charge is 2.24. The van der Waals surface area contributed by atoms with Crippen molar-refractivity contribution in [2.24, 2.45) is 0 Å². The normalized spacial score (nSPS) is 13.4. The molecule has 8 nitrogen and oxygen atoms in total. The Kier molecular flexibility index (Phi) is 4.37. The number of carbonyl (C=O) groups is 2. The predicted octanol–water partition coefficient (Wildman–Crippen LogP) is 2.29. The van der Waals surface area contributed by atoms with Crippen LogP contribution in [-0.4, -0.2) is 29.9 Å². The highest BCUT2D eigenvalue weighted by molar-refractivity contribution is 5.97. The molecule has 1 aliphatic heterocycles. The number of hydrogen-bond acceptors (Lipinski definition) is 7. The molecular formula is C16H16N2O6. The Bertz CT molecular complexity index is 770. The summed E-state index contributed by atoms with van der Waals surface area (Å²) in [5.41, 5.74) is 0.280. The summed E-state index contributed by atoms with van der Waals surface area (Å²) in [4.78, 5) is 24.4. The second-order valence-corrected chi connectivity index (χ2v) is 5.18. The van der Waals surface area contributed by atoms with Crippen LogP contribution in [0.1, 0.15) is 29.5 Å². The number of nitrogens with zero attached hydrogens (tertiary/aromatic N) is 1. The summed E-state index contributed by atoms with van der Waals surface area (Å²) in [5.74, 6) is 0.787. The lowest BCUT2D eigenvalue weighted by Crippen LogP contribution is -2.32. The molecule has 1 N–H and O–H groups in total. The summed E-state index contributed by atoms with van der Waals surface area (Å²) in [5, 5.41) is 6.22. The number of hydrogen-bond donors (Lipinski definition) is 1. The smallest absolute Gasteiger partial charge is 0.339 e. The second-order valence-electron chi connectivity index (χ2n) is 5.18. The molecule has 3 rings (SSSR count). The summed E-state index contributed by atoms with van der Waals surface area (Å²) >= 11 is 0. The lowest BCUT2D eigenvalue weighted by Gasteiger charge is -2.15. The van der Waals surface area contributed by atoms with E-state index in [1.165, 1.54) is 6.07 Å². The number of amides is 1. The van der Waals surface area contributed by atoms with Gasteiger partial charge in [-0.05, 0) is 31.5 Å². The number of anilines is 1. The van der Waals surface area contributed by atoms with Crippen LogP contribution in [0.4, 0.5) is 5.82 Å². The van der Waals surface area contributed by atoms with E-state index in [0.717, 1.165) is 0 Å². The van der Waals surface area contributed by atoms with Gasteiger partial charge in [0.1, 0.15) is 5.76 Å². The number of esters is 1. The largest absolute Gasteiger partial charge is 0.454 e. The van der Waals surface area contributed by atoms with E-state index in [4.69, 9.17) is 18.7 Å². The molecule has 0 aliphatic carbocycles. The lowest BCUT2D eigenvalue weighted by atomic mass is 10.2. The highest BCUT2D eigenvalue weighted by atomic mass is 16.7. The van der Waals surface area contributed by atoms with Gasteiger partial charge in [0.2, 0.25) is 6.79 Å². The van der Waals surface area contributed by atoms with Crippen LogP contribution in [0.15, 0.2) is 28.8 Å². The maximum absolute atomic E-state index is 12.2. The summed E-state index contributed by atoms with van der Waals surface area (Å²) in [7, 11) is 0.